The number of rotatable bonds is 3. The van der Waals surface area contributed by atoms with Gasteiger partial charge in [0, 0.05) is 12.6 Å². The quantitative estimate of drug-likeness (QED) is 0.769. The van der Waals surface area contributed by atoms with Crippen molar-refractivity contribution in [1.29, 1.82) is 0 Å². The van der Waals surface area contributed by atoms with Crippen molar-refractivity contribution >= 4 is 5.97 Å². The maximum absolute atomic E-state index is 11.4. The van der Waals surface area contributed by atoms with Crippen molar-refractivity contribution in [2.75, 3.05) is 6.54 Å². The summed E-state index contributed by atoms with van der Waals surface area (Å²) < 4.78 is 0. The summed E-state index contributed by atoms with van der Waals surface area (Å²) in [6.07, 6.45) is 5.28. The van der Waals surface area contributed by atoms with Crippen LogP contribution in [0.2, 0.25) is 0 Å². The van der Waals surface area contributed by atoms with Crippen molar-refractivity contribution in [2.45, 2.75) is 50.6 Å². The molecule has 0 aromatic carbocycles. The molecule has 0 aromatic heterocycles. The van der Waals surface area contributed by atoms with Gasteiger partial charge in [-0.3, -0.25) is 9.69 Å². The number of fused-ring (bicyclic) bond motifs is 2. The maximum atomic E-state index is 11.4. The lowest BCUT2D eigenvalue weighted by atomic mass is 9.88. The minimum Gasteiger partial charge on any atom is -0.480 e. The molecule has 0 spiro atoms. The predicted octanol–water partition coefficient (Wildman–Crippen LogP) is 1.72. The van der Waals surface area contributed by atoms with Gasteiger partial charge in [0.2, 0.25) is 0 Å². The Hall–Kier alpha value is -0.570. The van der Waals surface area contributed by atoms with E-state index in [0.29, 0.717) is 6.04 Å². The van der Waals surface area contributed by atoms with Crippen LogP contribution in [0, 0.1) is 11.8 Å². The van der Waals surface area contributed by atoms with Gasteiger partial charge in [0.1, 0.15) is 5.54 Å². The highest BCUT2D eigenvalue weighted by atomic mass is 16.4. The topological polar surface area (TPSA) is 40.5 Å². The molecule has 2 atom stereocenters. The number of nitrogens with zero attached hydrogens (tertiary/aromatic N) is 1. The van der Waals surface area contributed by atoms with Crippen LogP contribution < -0.4 is 0 Å². The van der Waals surface area contributed by atoms with Crippen LogP contribution in [-0.4, -0.2) is 34.1 Å². The molecule has 1 saturated carbocycles. The molecule has 0 aromatic rings. The number of carbonyl (C=O) groups is 1. The lowest BCUT2D eigenvalue weighted by Crippen LogP contribution is -2.48. The van der Waals surface area contributed by atoms with E-state index in [2.05, 4.69) is 11.8 Å². The summed E-state index contributed by atoms with van der Waals surface area (Å²) in [4.78, 5) is 13.8. The van der Waals surface area contributed by atoms with Gasteiger partial charge in [0.15, 0.2) is 0 Å². The van der Waals surface area contributed by atoms with Gasteiger partial charge in [-0.05, 0) is 43.9 Å². The van der Waals surface area contributed by atoms with Crippen molar-refractivity contribution in [3.63, 3.8) is 0 Å². The number of aliphatic carboxylic acids is 1. The minimum absolute atomic E-state index is 0.465. The highest BCUT2D eigenvalue weighted by molar-refractivity contribution is 5.80. The van der Waals surface area contributed by atoms with Crippen molar-refractivity contribution < 1.29 is 9.90 Å². The molecule has 15 heavy (non-hydrogen) atoms. The third-order valence-corrected chi connectivity index (χ3v) is 4.88. The molecule has 3 aliphatic rings. The van der Waals surface area contributed by atoms with Gasteiger partial charge >= 0.3 is 5.97 Å². The number of carboxylic acids is 1. The molecule has 2 saturated heterocycles. The van der Waals surface area contributed by atoms with Crippen molar-refractivity contribution in [3.8, 4) is 0 Å². The van der Waals surface area contributed by atoms with Gasteiger partial charge in [-0.25, -0.2) is 0 Å². The molecule has 2 heterocycles. The molecule has 3 fully saturated rings. The van der Waals surface area contributed by atoms with Crippen LogP contribution in [0.15, 0.2) is 0 Å². The number of hydrogen-bond acceptors (Lipinski definition) is 2. The summed E-state index contributed by atoms with van der Waals surface area (Å²) >= 11 is 0. The minimum atomic E-state index is -0.573. The second kappa shape index (κ2) is 2.97. The molecule has 0 radical (unpaired) electrons. The number of carboxylic acid groups (broad SMARTS) is 1. The summed E-state index contributed by atoms with van der Waals surface area (Å²) in [5, 5.41) is 9.42. The van der Waals surface area contributed by atoms with Crippen molar-refractivity contribution in [2.24, 2.45) is 11.8 Å². The van der Waals surface area contributed by atoms with Crippen LogP contribution in [0.1, 0.15) is 39.0 Å². The summed E-state index contributed by atoms with van der Waals surface area (Å²) in [7, 11) is 0. The molecule has 3 heteroatoms. The normalized spacial score (nSPS) is 48.5. The Labute approximate surface area is 90.5 Å². The van der Waals surface area contributed by atoms with E-state index in [1.165, 1.54) is 6.42 Å². The third kappa shape index (κ3) is 1.25. The van der Waals surface area contributed by atoms with E-state index in [0.717, 1.165) is 44.1 Å². The van der Waals surface area contributed by atoms with Gasteiger partial charge in [-0.1, -0.05) is 6.92 Å². The fraction of sp³-hybridized carbons (Fsp3) is 0.917. The molecule has 2 bridgehead atoms. The van der Waals surface area contributed by atoms with Crippen molar-refractivity contribution in [3.05, 3.63) is 0 Å². The van der Waals surface area contributed by atoms with Gasteiger partial charge in [0.25, 0.3) is 0 Å². The SMILES string of the molecule is CC1CC1CN1C2CCC1(C(=O)O)CC2. The highest BCUT2D eigenvalue weighted by Gasteiger charge is 2.57. The Morgan fingerprint density at radius 3 is 2.53 bits per heavy atom. The molecule has 1 N–H and O–H groups in total. The molecule has 84 valence electrons. The van der Waals surface area contributed by atoms with E-state index in [1.54, 1.807) is 0 Å². The van der Waals surface area contributed by atoms with E-state index in [1.807, 2.05) is 0 Å². The van der Waals surface area contributed by atoms with Crippen LogP contribution in [0.3, 0.4) is 0 Å². The summed E-state index contributed by atoms with van der Waals surface area (Å²) in [6.45, 7) is 3.31. The van der Waals surface area contributed by atoms with E-state index >= 15 is 0 Å². The van der Waals surface area contributed by atoms with E-state index in [-0.39, 0.29) is 0 Å². The lowest BCUT2D eigenvalue weighted by Gasteiger charge is -2.30. The second-order valence-corrected chi connectivity index (χ2v) is 5.69. The molecule has 2 aliphatic heterocycles. The Bertz CT molecular complexity index is 294. The zero-order valence-electron chi connectivity index (χ0n) is 9.28. The average Bonchev–Trinajstić information content (AvgIpc) is 2.67. The third-order valence-electron chi connectivity index (χ3n) is 4.88. The van der Waals surface area contributed by atoms with Gasteiger partial charge in [-0.2, -0.15) is 0 Å². The predicted molar refractivity (Wildman–Crippen MR) is 56.6 cm³/mol. The zero-order chi connectivity index (χ0) is 10.6. The van der Waals surface area contributed by atoms with Crippen LogP contribution in [0.5, 0.6) is 0 Å². The molecule has 1 aliphatic carbocycles. The van der Waals surface area contributed by atoms with Crippen LogP contribution in [-0.2, 0) is 4.79 Å². The first kappa shape index (κ1) is 9.64. The fourth-order valence-electron chi connectivity index (χ4n) is 3.60. The van der Waals surface area contributed by atoms with E-state index in [4.69, 9.17) is 0 Å². The smallest absolute Gasteiger partial charge is 0.324 e. The molecule has 3 nitrogen and oxygen atoms in total. The van der Waals surface area contributed by atoms with Crippen LogP contribution in [0.4, 0.5) is 0 Å². The first-order valence-electron chi connectivity index (χ1n) is 6.13. The molecule has 2 unspecified atom stereocenters. The first-order valence-corrected chi connectivity index (χ1v) is 6.13. The molecule has 0 amide bonds. The highest BCUT2D eigenvalue weighted by Crippen LogP contribution is 2.49. The van der Waals surface area contributed by atoms with Crippen LogP contribution in [0.25, 0.3) is 0 Å². The molecular formula is C12H19NO2. The Morgan fingerprint density at radius 1 is 1.47 bits per heavy atom. The second-order valence-electron chi connectivity index (χ2n) is 5.69. The van der Waals surface area contributed by atoms with Crippen LogP contribution >= 0.6 is 0 Å². The summed E-state index contributed by atoms with van der Waals surface area (Å²) in [6, 6.07) is 0.578. The standard InChI is InChI=1S/C12H19NO2/c1-8-6-9(8)7-13-10-2-4-12(13,5-3-10)11(14)15/h8-10H,2-7H2,1H3,(H,14,15). The first-order chi connectivity index (χ1) is 7.13. The van der Waals surface area contributed by atoms with Gasteiger partial charge < -0.3 is 5.11 Å². The largest absolute Gasteiger partial charge is 0.480 e. The van der Waals surface area contributed by atoms with E-state index in [9.17, 15) is 9.90 Å². The average molecular weight is 209 g/mol. The van der Waals surface area contributed by atoms with E-state index < -0.39 is 11.5 Å². The van der Waals surface area contributed by atoms with Crippen molar-refractivity contribution in [1.82, 2.24) is 4.90 Å². The van der Waals surface area contributed by atoms with Gasteiger partial charge in [0.05, 0.1) is 0 Å². The summed E-state index contributed by atoms with van der Waals surface area (Å²) in [5.41, 5.74) is -0.465. The zero-order valence-corrected chi connectivity index (χ0v) is 9.28. The Balaban J connectivity index is 1.78. The molecular weight excluding hydrogens is 190 g/mol. The monoisotopic (exact) mass is 209 g/mol. The maximum Gasteiger partial charge on any atom is 0.324 e. The molecule has 3 rings (SSSR count). The fourth-order valence-corrected chi connectivity index (χ4v) is 3.60. The Morgan fingerprint density at radius 2 is 2.07 bits per heavy atom. The Kier molecular flexibility index (Phi) is 1.91. The summed E-state index contributed by atoms with van der Waals surface area (Å²) in [5.74, 6) is 1.04. The number of hydrogen-bond donors (Lipinski definition) is 1. The van der Waals surface area contributed by atoms with Gasteiger partial charge in [-0.15, -0.1) is 0 Å². The lowest BCUT2D eigenvalue weighted by molar-refractivity contribution is -0.148.